The van der Waals surface area contributed by atoms with E-state index in [9.17, 15) is 0 Å². The predicted molar refractivity (Wildman–Crippen MR) is 52.8 cm³/mol. The smallest absolute Gasteiger partial charge is 0.0307 e. The van der Waals surface area contributed by atoms with Crippen molar-refractivity contribution in [2.75, 3.05) is 6.54 Å². The second-order valence-electron chi connectivity index (χ2n) is 5.08. The lowest BCUT2D eigenvalue weighted by atomic mass is 9.85. The summed E-state index contributed by atoms with van der Waals surface area (Å²) in [4.78, 5) is 0. The van der Waals surface area contributed by atoms with Crippen LogP contribution in [-0.2, 0) is 0 Å². The van der Waals surface area contributed by atoms with Crippen LogP contribution in [0.15, 0.2) is 0 Å². The summed E-state index contributed by atoms with van der Waals surface area (Å²) >= 11 is 0. The fourth-order valence-electron chi connectivity index (χ4n) is 1.97. The van der Waals surface area contributed by atoms with E-state index in [0.29, 0.717) is 17.5 Å². The molecule has 0 aromatic rings. The Labute approximate surface area is 76.3 Å². The van der Waals surface area contributed by atoms with Crippen LogP contribution in [0.2, 0.25) is 0 Å². The van der Waals surface area contributed by atoms with E-state index in [4.69, 9.17) is 0 Å². The number of nitrogens with one attached hydrogen (secondary N) is 1. The van der Waals surface area contributed by atoms with Gasteiger partial charge in [-0.1, -0.05) is 20.8 Å². The molecule has 72 valence electrons. The highest BCUT2D eigenvalue weighted by Crippen LogP contribution is 2.29. The van der Waals surface area contributed by atoms with Crippen molar-refractivity contribution >= 4 is 0 Å². The lowest BCUT2D eigenvalue weighted by Gasteiger charge is -2.36. The van der Waals surface area contributed by atoms with Gasteiger partial charge in [0, 0.05) is 18.6 Å². The van der Waals surface area contributed by atoms with Crippen LogP contribution in [0.3, 0.4) is 0 Å². The first kappa shape index (κ1) is 10.0. The number of hydrogen-bond donors (Lipinski definition) is 1. The highest BCUT2D eigenvalue weighted by Gasteiger charge is 2.35. The summed E-state index contributed by atoms with van der Waals surface area (Å²) in [5.41, 5.74) is 3.84. The fraction of sp³-hybridized carbons (Fsp3) is 1.00. The van der Waals surface area contributed by atoms with Gasteiger partial charge in [0.15, 0.2) is 0 Å². The molecule has 0 aromatic heterocycles. The molecule has 0 spiro atoms. The first-order chi connectivity index (χ1) is 5.43. The molecule has 1 fully saturated rings. The Kier molecular flexibility index (Phi) is 2.79. The zero-order valence-corrected chi connectivity index (χ0v) is 9.02. The second kappa shape index (κ2) is 3.35. The van der Waals surface area contributed by atoms with Crippen LogP contribution in [0.4, 0.5) is 0 Å². The molecule has 12 heavy (non-hydrogen) atoms. The second-order valence-corrected chi connectivity index (χ2v) is 5.08. The van der Waals surface area contributed by atoms with Gasteiger partial charge in [-0.25, -0.2) is 5.01 Å². The quantitative estimate of drug-likeness (QED) is 0.647. The molecule has 1 N–H and O–H groups in total. The standard InChI is InChI=1S/C10H22N2/c1-8(2)12-9(6-7-11-12)10(3,4)5/h8-9,11H,6-7H2,1-5H3. The van der Waals surface area contributed by atoms with Gasteiger partial charge in [-0.2, -0.15) is 0 Å². The first-order valence-electron chi connectivity index (χ1n) is 4.95. The van der Waals surface area contributed by atoms with Crippen molar-refractivity contribution in [3.05, 3.63) is 0 Å². The van der Waals surface area contributed by atoms with Crippen molar-refractivity contribution in [1.29, 1.82) is 0 Å². The van der Waals surface area contributed by atoms with E-state index in [1.54, 1.807) is 0 Å². The lowest BCUT2D eigenvalue weighted by Crippen LogP contribution is -2.47. The molecule has 1 heterocycles. The predicted octanol–water partition coefficient (Wildman–Crippen LogP) is 2.02. The van der Waals surface area contributed by atoms with Crippen LogP contribution < -0.4 is 5.43 Å². The Morgan fingerprint density at radius 3 is 2.25 bits per heavy atom. The number of rotatable bonds is 1. The number of nitrogens with zero attached hydrogens (tertiary/aromatic N) is 1. The summed E-state index contributed by atoms with van der Waals surface area (Å²) in [7, 11) is 0. The van der Waals surface area contributed by atoms with Gasteiger partial charge < -0.3 is 0 Å². The van der Waals surface area contributed by atoms with Gasteiger partial charge in [0.05, 0.1) is 0 Å². The molecular weight excluding hydrogens is 148 g/mol. The van der Waals surface area contributed by atoms with Crippen molar-refractivity contribution in [3.8, 4) is 0 Å². The van der Waals surface area contributed by atoms with Crippen LogP contribution in [0.1, 0.15) is 41.0 Å². The molecular formula is C10H22N2. The van der Waals surface area contributed by atoms with Gasteiger partial charge in [-0.3, -0.25) is 5.43 Å². The molecule has 0 bridgehead atoms. The number of hydrogen-bond acceptors (Lipinski definition) is 2. The molecule has 0 saturated carbocycles. The van der Waals surface area contributed by atoms with Crippen LogP contribution in [-0.4, -0.2) is 23.6 Å². The Morgan fingerprint density at radius 2 is 1.92 bits per heavy atom. The largest absolute Gasteiger partial charge is 0.255 e. The normalized spacial score (nSPS) is 27.0. The third-order valence-corrected chi connectivity index (χ3v) is 2.60. The molecule has 0 amide bonds. The summed E-state index contributed by atoms with van der Waals surface area (Å²) in [6, 6.07) is 1.30. The zero-order valence-electron chi connectivity index (χ0n) is 9.02. The molecule has 0 aliphatic carbocycles. The highest BCUT2D eigenvalue weighted by atomic mass is 15.6. The summed E-state index contributed by atoms with van der Waals surface area (Å²) in [5, 5.41) is 2.40. The average Bonchev–Trinajstić information content (AvgIpc) is 2.30. The van der Waals surface area contributed by atoms with E-state index >= 15 is 0 Å². The molecule has 0 radical (unpaired) electrons. The topological polar surface area (TPSA) is 15.3 Å². The molecule has 1 saturated heterocycles. The van der Waals surface area contributed by atoms with Gasteiger partial charge in [0.2, 0.25) is 0 Å². The monoisotopic (exact) mass is 170 g/mol. The summed E-state index contributed by atoms with van der Waals surface area (Å²) in [5.74, 6) is 0. The van der Waals surface area contributed by atoms with Crippen LogP contribution in [0, 0.1) is 5.41 Å². The molecule has 2 nitrogen and oxygen atoms in total. The van der Waals surface area contributed by atoms with Gasteiger partial charge in [0.25, 0.3) is 0 Å². The molecule has 2 heteroatoms. The van der Waals surface area contributed by atoms with Gasteiger partial charge in [0.1, 0.15) is 0 Å². The van der Waals surface area contributed by atoms with Crippen molar-refractivity contribution in [2.45, 2.75) is 53.1 Å². The third kappa shape index (κ3) is 1.99. The summed E-state index contributed by atoms with van der Waals surface area (Å²) in [6.07, 6.45) is 1.28. The van der Waals surface area contributed by atoms with E-state index in [2.05, 4.69) is 45.1 Å². The van der Waals surface area contributed by atoms with Crippen LogP contribution in [0.25, 0.3) is 0 Å². The third-order valence-electron chi connectivity index (χ3n) is 2.60. The van der Waals surface area contributed by atoms with E-state index in [1.807, 2.05) is 0 Å². The molecule has 1 atom stereocenters. The molecule has 0 aromatic carbocycles. The minimum atomic E-state index is 0.397. The maximum absolute atomic E-state index is 3.45. The van der Waals surface area contributed by atoms with E-state index in [1.165, 1.54) is 6.42 Å². The molecule has 1 unspecified atom stereocenters. The minimum Gasteiger partial charge on any atom is -0.255 e. The Morgan fingerprint density at radius 1 is 1.33 bits per heavy atom. The fourth-order valence-corrected chi connectivity index (χ4v) is 1.97. The minimum absolute atomic E-state index is 0.397. The summed E-state index contributed by atoms with van der Waals surface area (Å²) < 4.78 is 0. The van der Waals surface area contributed by atoms with Crippen LogP contribution >= 0.6 is 0 Å². The van der Waals surface area contributed by atoms with E-state index in [-0.39, 0.29) is 0 Å². The van der Waals surface area contributed by atoms with E-state index < -0.39 is 0 Å². The highest BCUT2D eigenvalue weighted by molar-refractivity contribution is 4.87. The molecule has 1 rings (SSSR count). The average molecular weight is 170 g/mol. The van der Waals surface area contributed by atoms with Gasteiger partial charge in [-0.05, 0) is 25.7 Å². The van der Waals surface area contributed by atoms with Crippen molar-refractivity contribution in [1.82, 2.24) is 10.4 Å². The maximum Gasteiger partial charge on any atom is 0.0307 e. The zero-order chi connectivity index (χ0) is 9.35. The SMILES string of the molecule is CC(C)N1NCCC1C(C)(C)C. The maximum atomic E-state index is 3.45. The Balaban J connectivity index is 2.64. The van der Waals surface area contributed by atoms with Gasteiger partial charge >= 0.3 is 0 Å². The molecule has 1 aliphatic rings. The first-order valence-corrected chi connectivity index (χ1v) is 4.95. The van der Waals surface area contributed by atoms with Gasteiger partial charge in [-0.15, -0.1) is 0 Å². The Bertz CT molecular complexity index is 146. The lowest BCUT2D eigenvalue weighted by molar-refractivity contribution is 0.0708. The van der Waals surface area contributed by atoms with Crippen molar-refractivity contribution < 1.29 is 0 Å². The van der Waals surface area contributed by atoms with Crippen molar-refractivity contribution in [3.63, 3.8) is 0 Å². The number of hydrazine groups is 1. The van der Waals surface area contributed by atoms with E-state index in [0.717, 1.165) is 6.54 Å². The van der Waals surface area contributed by atoms with Crippen molar-refractivity contribution in [2.24, 2.45) is 5.41 Å². The Hall–Kier alpha value is -0.0800. The molecule has 1 aliphatic heterocycles. The van der Waals surface area contributed by atoms with Crippen LogP contribution in [0.5, 0.6) is 0 Å². The summed E-state index contributed by atoms with van der Waals surface area (Å²) in [6.45, 7) is 12.6.